The summed E-state index contributed by atoms with van der Waals surface area (Å²) in [6.45, 7) is 11.4. The lowest BCUT2D eigenvalue weighted by molar-refractivity contribution is -0.173. The van der Waals surface area contributed by atoms with E-state index in [2.05, 4.69) is 6.58 Å². The molecule has 0 N–H and O–H groups in total. The molecular formula is C15H26O5. The molecule has 20 heavy (non-hydrogen) atoms. The molecule has 2 unspecified atom stereocenters. The second-order valence-corrected chi connectivity index (χ2v) is 4.66. The molecule has 0 saturated carbocycles. The maximum atomic E-state index is 12.0. The molecule has 0 bridgehead atoms. The number of rotatable bonds is 10. The van der Waals surface area contributed by atoms with Crippen molar-refractivity contribution in [3.05, 3.63) is 12.7 Å². The molecular weight excluding hydrogens is 260 g/mol. The molecule has 5 heteroatoms. The Morgan fingerprint density at radius 2 is 1.85 bits per heavy atom. The van der Waals surface area contributed by atoms with Crippen LogP contribution in [0.3, 0.4) is 0 Å². The van der Waals surface area contributed by atoms with Crippen LogP contribution in [0.15, 0.2) is 12.7 Å². The van der Waals surface area contributed by atoms with Crippen molar-refractivity contribution in [1.29, 1.82) is 0 Å². The fourth-order valence-corrected chi connectivity index (χ4v) is 1.66. The summed E-state index contributed by atoms with van der Waals surface area (Å²) < 4.78 is 15.7. The summed E-state index contributed by atoms with van der Waals surface area (Å²) >= 11 is 0. The minimum Gasteiger partial charge on any atom is -0.465 e. The largest absolute Gasteiger partial charge is 0.465 e. The SMILES string of the molecule is C=CCC(C(=O)OCCC)C(OCC)C(=O)OC(C)C. The summed E-state index contributed by atoms with van der Waals surface area (Å²) in [6.07, 6.45) is 1.39. The van der Waals surface area contributed by atoms with Crippen molar-refractivity contribution < 1.29 is 23.8 Å². The molecule has 0 fully saturated rings. The summed E-state index contributed by atoms with van der Waals surface area (Å²) in [7, 11) is 0. The Bertz CT molecular complexity index is 311. The molecule has 5 nitrogen and oxygen atoms in total. The minimum atomic E-state index is -0.954. The Labute approximate surface area is 121 Å². The smallest absolute Gasteiger partial charge is 0.336 e. The van der Waals surface area contributed by atoms with Crippen LogP contribution in [-0.4, -0.2) is 37.4 Å². The molecule has 0 aromatic rings. The molecule has 0 aliphatic heterocycles. The van der Waals surface area contributed by atoms with Crippen LogP contribution in [0.1, 0.15) is 40.5 Å². The zero-order valence-electron chi connectivity index (χ0n) is 12.9. The second-order valence-electron chi connectivity index (χ2n) is 4.66. The highest BCUT2D eigenvalue weighted by molar-refractivity contribution is 5.84. The van der Waals surface area contributed by atoms with Crippen LogP contribution in [0, 0.1) is 5.92 Å². The predicted molar refractivity (Wildman–Crippen MR) is 76.2 cm³/mol. The number of hydrogen-bond donors (Lipinski definition) is 0. The summed E-state index contributed by atoms with van der Waals surface area (Å²) in [5.74, 6) is -1.71. The Balaban J connectivity index is 4.96. The van der Waals surface area contributed by atoms with Gasteiger partial charge in [-0.2, -0.15) is 0 Å². The highest BCUT2D eigenvalue weighted by atomic mass is 16.6. The highest BCUT2D eigenvalue weighted by Crippen LogP contribution is 2.18. The number of ether oxygens (including phenoxy) is 3. The van der Waals surface area contributed by atoms with Gasteiger partial charge in [0.15, 0.2) is 6.10 Å². The normalized spacial score (nSPS) is 13.7. The van der Waals surface area contributed by atoms with Gasteiger partial charge in [0.25, 0.3) is 0 Å². The van der Waals surface area contributed by atoms with Gasteiger partial charge in [0, 0.05) is 6.61 Å². The third kappa shape index (κ3) is 6.70. The standard InChI is InChI=1S/C15H26O5/c1-6-9-12(14(16)19-10-7-2)13(18-8-3)15(17)20-11(4)5/h6,11-13H,1,7-10H2,2-5H3. The first-order valence-corrected chi connectivity index (χ1v) is 7.07. The molecule has 0 aliphatic carbocycles. The maximum Gasteiger partial charge on any atom is 0.336 e. The lowest BCUT2D eigenvalue weighted by Gasteiger charge is -2.24. The van der Waals surface area contributed by atoms with Crippen molar-refractivity contribution in [3.63, 3.8) is 0 Å². The lowest BCUT2D eigenvalue weighted by Crippen LogP contribution is -2.40. The first-order valence-electron chi connectivity index (χ1n) is 7.07. The van der Waals surface area contributed by atoms with Gasteiger partial charge in [-0.25, -0.2) is 4.79 Å². The van der Waals surface area contributed by atoms with Crippen LogP contribution < -0.4 is 0 Å². The first-order chi connectivity index (χ1) is 9.47. The molecule has 2 atom stereocenters. The molecule has 0 aromatic heterocycles. The van der Waals surface area contributed by atoms with E-state index in [1.54, 1.807) is 26.8 Å². The molecule has 0 amide bonds. The Morgan fingerprint density at radius 3 is 2.30 bits per heavy atom. The molecule has 0 rings (SSSR count). The first kappa shape index (κ1) is 18.6. The molecule has 0 saturated heterocycles. The topological polar surface area (TPSA) is 61.8 Å². The van der Waals surface area contributed by atoms with Crippen LogP contribution in [-0.2, 0) is 23.8 Å². The number of allylic oxidation sites excluding steroid dienone is 1. The van der Waals surface area contributed by atoms with Crippen molar-refractivity contribution >= 4 is 11.9 Å². The fourth-order valence-electron chi connectivity index (χ4n) is 1.66. The zero-order chi connectivity index (χ0) is 15.5. The van der Waals surface area contributed by atoms with Crippen LogP contribution in [0.4, 0.5) is 0 Å². The molecule has 0 spiro atoms. The Kier molecular flexibility index (Phi) is 9.72. The zero-order valence-corrected chi connectivity index (χ0v) is 12.9. The van der Waals surface area contributed by atoms with E-state index >= 15 is 0 Å². The lowest BCUT2D eigenvalue weighted by atomic mass is 9.98. The fraction of sp³-hybridized carbons (Fsp3) is 0.733. The van der Waals surface area contributed by atoms with Crippen molar-refractivity contribution in [2.24, 2.45) is 5.92 Å². The van der Waals surface area contributed by atoms with E-state index in [0.717, 1.165) is 6.42 Å². The maximum absolute atomic E-state index is 12.0. The molecule has 0 radical (unpaired) electrons. The number of carbonyl (C=O) groups is 2. The van der Waals surface area contributed by atoms with Crippen molar-refractivity contribution in [3.8, 4) is 0 Å². The van der Waals surface area contributed by atoms with E-state index in [0.29, 0.717) is 19.6 Å². The van der Waals surface area contributed by atoms with E-state index < -0.39 is 24.0 Å². The van der Waals surface area contributed by atoms with Crippen molar-refractivity contribution in [1.82, 2.24) is 0 Å². The van der Waals surface area contributed by atoms with E-state index in [4.69, 9.17) is 14.2 Å². The van der Waals surface area contributed by atoms with E-state index in [1.165, 1.54) is 0 Å². The number of esters is 2. The van der Waals surface area contributed by atoms with Crippen LogP contribution in [0.2, 0.25) is 0 Å². The highest BCUT2D eigenvalue weighted by Gasteiger charge is 2.36. The Hall–Kier alpha value is -1.36. The van der Waals surface area contributed by atoms with Gasteiger partial charge in [-0.3, -0.25) is 4.79 Å². The summed E-state index contributed by atoms with van der Waals surface area (Å²) in [5.41, 5.74) is 0. The van der Waals surface area contributed by atoms with E-state index in [9.17, 15) is 9.59 Å². The average Bonchev–Trinajstić information content (AvgIpc) is 2.39. The Morgan fingerprint density at radius 1 is 1.20 bits per heavy atom. The number of hydrogen-bond acceptors (Lipinski definition) is 5. The van der Waals surface area contributed by atoms with Gasteiger partial charge >= 0.3 is 11.9 Å². The molecule has 0 aromatic carbocycles. The molecule has 116 valence electrons. The molecule has 0 aliphatic rings. The van der Waals surface area contributed by atoms with Gasteiger partial charge in [-0.15, -0.1) is 6.58 Å². The third-order valence-electron chi connectivity index (χ3n) is 2.47. The summed E-state index contributed by atoms with van der Waals surface area (Å²) in [4.78, 5) is 24.1. The van der Waals surface area contributed by atoms with E-state index in [-0.39, 0.29) is 6.10 Å². The van der Waals surface area contributed by atoms with Crippen molar-refractivity contribution in [2.45, 2.75) is 52.7 Å². The van der Waals surface area contributed by atoms with Gasteiger partial charge < -0.3 is 14.2 Å². The minimum absolute atomic E-state index is 0.263. The van der Waals surface area contributed by atoms with Gasteiger partial charge in [-0.05, 0) is 33.6 Å². The monoisotopic (exact) mass is 286 g/mol. The quantitative estimate of drug-likeness (QED) is 0.456. The van der Waals surface area contributed by atoms with Gasteiger partial charge in [0.1, 0.15) is 0 Å². The average molecular weight is 286 g/mol. The summed E-state index contributed by atoms with van der Waals surface area (Å²) in [5, 5.41) is 0. The van der Waals surface area contributed by atoms with Crippen LogP contribution in [0.25, 0.3) is 0 Å². The van der Waals surface area contributed by atoms with Crippen molar-refractivity contribution in [2.75, 3.05) is 13.2 Å². The van der Waals surface area contributed by atoms with Gasteiger partial charge in [0.05, 0.1) is 18.6 Å². The molecule has 0 heterocycles. The number of carbonyl (C=O) groups excluding carboxylic acids is 2. The summed E-state index contributed by atoms with van der Waals surface area (Å²) in [6, 6.07) is 0. The van der Waals surface area contributed by atoms with E-state index in [1.807, 2.05) is 6.92 Å². The third-order valence-corrected chi connectivity index (χ3v) is 2.47. The van der Waals surface area contributed by atoms with Gasteiger partial charge in [-0.1, -0.05) is 13.0 Å². The second kappa shape index (κ2) is 10.4. The predicted octanol–water partition coefficient (Wildman–Crippen LogP) is 2.49. The van der Waals surface area contributed by atoms with Crippen LogP contribution in [0.5, 0.6) is 0 Å². The van der Waals surface area contributed by atoms with Gasteiger partial charge in [0.2, 0.25) is 0 Å². The van der Waals surface area contributed by atoms with Crippen LogP contribution >= 0.6 is 0 Å².